The van der Waals surface area contributed by atoms with Crippen LogP contribution in [0.3, 0.4) is 0 Å². The van der Waals surface area contributed by atoms with Crippen LogP contribution in [0.25, 0.3) is 0 Å². The van der Waals surface area contributed by atoms with Gasteiger partial charge in [0, 0.05) is 22.6 Å². The number of aromatic nitrogens is 1. The molecule has 4 nitrogen and oxygen atoms in total. The Kier molecular flexibility index (Phi) is 4.74. The second-order valence-electron chi connectivity index (χ2n) is 6.04. The largest absolute Gasteiger partial charge is 0.334 e. The average molecular weight is 326 g/mol. The highest BCUT2D eigenvalue weighted by molar-refractivity contribution is 7.99. The van der Waals surface area contributed by atoms with Gasteiger partial charge >= 0.3 is 6.03 Å². The lowest BCUT2D eigenvalue weighted by atomic mass is 10.2. The van der Waals surface area contributed by atoms with Crippen molar-refractivity contribution in [2.45, 2.75) is 62.3 Å². The fraction of sp³-hybridized carbons (Fsp3) is 0.733. The van der Waals surface area contributed by atoms with Crippen molar-refractivity contribution < 1.29 is 4.79 Å². The molecule has 2 fully saturated rings. The predicted octanol–water partition coefficient (Wildman–Crippen LogP) is 3.66. The van der Waals surface area contributed by atoms with E-state index in [2.05, 4.69) is 27.3 Å². The molecule has 116 valence electrons. The molecule has 0 saturated heterocycles. The maximum atomic E-state index is 12.1. The van der Waals surface area contributed by atoms with Crippen molar-refractivity contribution in [1.29, 1.82) is 0 Å². The molecule has 0 radical (unpaired) electrons. The summed E-state index contributed by atoms with van der Waals surface area (Å²) in [6, 6.07) is 0.224. The minimum absolute atomic E-state index is 0.0251. The Morgan fingerprint density at radius 2 is 2.24 bits per heavy atom. The van der Waals surface area contributed by atoms with Crippen LogP contribution in [-0.4, -0.2) is 28.6 Å². The molecule has 1 aromatic rings. The first-order valence-electron chi connectivity index (χ1n) is 7.72. The van der Waals surface area contributed by atoms with Crippen LogP contribution in [0.4, 0.5) is 4.79 Å². The number of hydrogen-bond acceptors (Lipinski definition) is 4. The van der Waals surface area contributed by atoms with Crippen LogP contribution in [0.1, 0.15) is 61.7 Å². The highest BCUT2D eigenvalue weighted by Gasteiger charge is 2.29. The molecule has 3 atom stereocenters. The highest BCUT2D eigenvalue weighted by Crippen LogP contribution is 2.41. The Bertz CT molecular complexity index is 501. The van der Waals surface area contributed by atoms with Gasteiger partial charge in [-0.15, -0.1) is 11.3 Å². The van der Waals surface area contributed by atoms with Gasteiger partial charge < -0.3 is 10.6 Å². The van der Waals surface area contributed by atoms with E-state index in [1.165, 1.54) is 30.7 Å². The predicted molar refractivity (Wildman–Crippen MR) is 89.1 cm³/mol. The molecule has 0 aliphatic heterocycles. The molecule has 2 amide bonds. The maximum absolute atomic E-state index is 12.1. The quantitative estimate of drug-likeness (QED) is 0.868. The first-order chi connectivity index (χ1) is 10.2. The first kappa shape index (κ1) is 15.2. The number of hydrogen-bond donors (Lipinski definition) is 2. The number of carbonyl (C=O) groups is 1. The van der Waals surface area contributed by atoms with Crippen molar-refractivity contribution in [3.8, 4) is 0 Å². The Labute approximate surface area is 134 Å². The van der Waals surface area contributed by atoms with E-state index in [1.54, 1.807) is 11.3 Å². The van der Waals surface area contributed by atoms with Crippen molar-refractivity contribution in [1.82, 2.24) is 15.6 Å². The van der Waals surface area contributed by atoms with Crippen molar-refractivity contribution in [2.24, 2.45) is 0 Å². The van der Waals surface area contributed by atoms with Crippen LogP contribution in [0.15, 0.2) is 5.38 Å². The van der Waals surface area contributed by atoms with E-state index in [4.69, 9.17) is 0 Å². The third kappa shape index (κ3) is 3.72. The van der Waals surface area contributed by atoms with Crippen LogP contribution in [0.2, 0.25) is 0 Å². The zero-order valence-electron chi connectivity index (χ0n) is 12.6. The molecule has 0 spiro atoms. The van der Waals surface area contributed by atoms with E-state index < -0.39 is 0 Å². The minimum Gasteiger partial charge on any atom is -0.334 e. The Morgan fingerprint density at radius 3 is 2.95 bits per heavy atom. The molecule has 2 aliphatic rings. The highest BCUT2D eigenvalue weighted by atomic mass is 32.2. The molecule has 3 unspecified atom stereocenters. The Hall–Kier alpha value is -0.750. The molecule has 21 heavy (non-hydrogen) atoms. The number of carbonyl (C=O) groups excluding carboxylic acids is 1. The molecule has 0 aromatic carbocycles. The van der Waals surface area contributed by atoms with Gasteiger partial charge in [0.1, 0.15) is 0 Å². The Morgan fingerprint density at radius 1 is 1.43 bits per heavy atom. The maximum Gasteiger partial charge on any atom is 0.315 e. The summed E-state index contributed by atoms with van der Waals surface area (Å²) in [7, 11) is 0. The molecule has 3 rings (SSSR count). The number of nitrogens with one attached hydrogen (secondary N) is 2. The van der Waals surface area contributed by atoms with E-state index in [9.17, 15) is 4.79 Å². The van der Waals surface area contributed by atoms with E-state index in [0.717, 1.165) is 12.1 Å². The van der Waals surface area contributed by atoms with E-state index in [-0.39, 0.29) is 12.1 Å². The van der Waals surface area contributed by atoms with Crippen LogP contribution in [0.5, 0.6) is 0 Å². The summed E-state index contributed by atoms with van der Waals surface area (Å²) in [5.41, 5.74) is 0.991. The number of urea groups is 1. The standard InChI is InChI=1S/C15H23N3OS2/c1-9(12-8-21-14(17-12)10-6-7-10)16-15(19)18-11-4-3-5-13(11)20-2/h8-11,13H,3-7H2,1-2H3,(H2,16,18,19). The van der Waals surface area contributed by atoms with Gasteiger partial charge in [-0.3, -0.25) is 0 Å². The van der Waals surface area contributed by atoms with Gasteiger partial charge in [0.15, 0.2) is 0 Å². The van der Waals surface area contributed by atoms with Gasteiger partial charge in [-0.1, -0.05) is 6.42 Å². The van der Waals surface area contributed by atoms with Crippen molar-refractivity contribution >= 4 is 29.1 Å². The minimum atomic E-state index is -0.0607. The molecule has 2 saturated carbocycles. The summed E-state index contributed by atoms with van der Waals surface area (Å²) in [6.07, 6.45) is 8.18. The number of amides is 2. The van der Waals surface area contributed by atoms with Crippen LogP contribution < -0.4 is 10.6 Å². The van der Waals surface area contributed by atoms with E-state index >= 15 is 0 Å². The molecule has 6 heteroatoms. The molecule has 2 N–H and O–H groups in total. The lowest BCUT2D eigenvalue weighted by molar-refractivity contribution is 0.234. The normalized spacial score (nSPS) is 26.6. The summed E-state index contributed by atoms with van der Waals surface area (Å²) in [6.45, 7) is 2.01. The van der Waals surface area contributed by atoms with Gasteiger partial charge in [-0.2, -0.15) is 11.8 Å². The number of thioether (sulfide) groups is 1. The fourth-order valence-electron chi connectivity index (χ4n) is 2.87. The molecule has 2 aliphatic carbocycles. The van der Waals surface area contributed by atoms with Gasteiger partial charge in [-0.25, -0.2) is 9.78 Å². The third-order valence-electron chi connectivity index (χ3n) is 4.33. The molecule has 0 bridgehead atoms. The zero-order chi connectivity index (χ0) is 14.8. The molecular weight excluding hydrogens is 302 g/mol. The topological polar surface area (TPSA) is 54.0 Å². The van der Waals surface area contributed by atoms with Crippen LogP contribution in [-0.2, 0) is 0 Å². The summed E-state index contributed by atoms with van der Waals surface area (Å²) in [5, 5.41) is 10.0. The number of thiazole rings is 1. The molecule has 1 aromatic heterocycles. The van der Waals surface area contributed by atoms with Crippen LogP contribution in [0, 0.1) is 0 Å². The van der Waals surface area contributed by atoms with E-state index in [0.29, 0.717) is 17.2 Å². The lowest BCUT2D eigenvalue weighted by Gasteiger charge is -2.21. The monoisotopic (exact) mass is 325 g/mol. The summed E-state index contributed by atoms with van der Waals surface area (Å²) >= 11 is 3.58. The lowest BCUT2D eigenvalue weighted by Crippen LogP contribution is -2.45. The van der Waals surface area contributed by atoms with Crippen LogP contribution >= 0.6 is 23.1 Å². The van der Waals surface area contributed by atoms with Gasteiger partial charge in [-0.05, 0) is 38.9 Å². The average Bonchev–Trinajstić information content (AvgIpc) is 3.02. The second kappa shape index (κ2) is 6.57. The van der Waals surface area contributed by atoms with Gasteiger partial charge in [0.25, 0.3) is 0 Å². The van der Waals surface area contributed by atoms with Crippen molar-refractivity contribution in [2.75, 3.05) is 6.26 Å². The zero-order valence-corrected chi connectivity index (χ0v) is 14.2. The van der Waals surface area contributed by atoms with Gasteiger partial charge in [0.05, 0.1) is 16.7 Å². The van der Waals surface area contributed by atoms with Crippen molar-refractivity contribution in [3.05, 3.63) is 16.1 Å². The Balaban J connectivity index is 1.51. The summed E-state index contributed by atoms with van der Waals surface area (Å²) in [4.78, 5) is 16.8. The smallest absolute Gasteiger partial charge is 0.315 e. The number of rotatable bonds is 5. The fourth-order valence-corrected chi connectivity index (χ4v) is 4.89. The summed E-state index contributed by atoms with van der Waals surface area (Å²) in [5.74, 6) is 0.686. The second-order valence-corrected chi connectivity index (χ2v) is 8.00. The number of nitrogens with zero attached hydrogens (tertiary/aromatic N) is 1. The van der Waals surface area contributed by atoms with E-state index in [1.807, 2.05) is 18.7 Å². The molecule has 1 heterocycles. The van der Waals surface area contributed by atoms with Crippen molar-refractivity contribution in [3.63, 3.8) is 0 Å². The first-order valence-corrected chi connectivity index (χ1v) is 9.89. The van der Waals surface area contributed by atoms with Gasteiger partial charge in [0.2, 0.25) is 0 Å². The third-order valence-corrected chi connectivity index (χ3v) is 6.52. The SMILES string of the molecule is CSC1CCCC1NC(=O)NC(C)c1csc(C2CC2)n1. The summed E-state index contributed by atoms with van der Waals surface area (Å²) < 4.78 is 0. The molecular formula is C15H23N3OS2.